The second-order valence-corrected chi connectivity index (χ2v) is 4.55. The standard InChI is InChI=1S/C15H14F3NO/c1-2-11-3-5-12(6-4-11)9-19-10-13(15(16,17)18)7-8-14(19)20/h3-8,10H,2,9H2,1H3. The van der Waals surface area contributed by atoms with Crippen molar-refractivity contribution in [2.45, 2.75) is 26.1 Å². The van der Waals surface area contributed by atoms with Crippen molar-refractivity contribution >= 4 is 0 Å². The van der Waals surface area contributed by atoms with E-state index in [-0.39, 0.29) is 6.54 Å². The molecule has 2 rings (SSSR count). The summed E-state index contributed by atoms with van der Waals surface area (Å²) in [6, 6.07) is 9.22. The molecule has 106 valence electrons. The van der Waals surface area contributed by atoms with Gasteiger partial charge in [-0.25, -0.2) is 0 Å². The highest BCUT2D eigenvalue weighted by Gasteiger charge is 2.30. The fourth-order valence-electron chi connectivity index (χ4n) is 1.90. The minimum atomic E-state index is -4.44. The van der Waals surface area contributed by atoms with Crippen molar-refractivity contribution in [2.24, 2.45) is 0 Å². The van der Waals surface area contributed by atoms with Crippen LogP contribution in [0.5, 0.6) is 0 Å². The molecule has 0 aliphatic rings. The molecule has 1 aromatic heterocycles. The highest BCUT2D eigenvalue weighted by molar-refractivity contribution is 5.23. The van der Waals surface area contributed by atoms with Crippen LogP contribution in [0.4, 0.5) is 13.2 Å². The first-order chi connectivity index (χ1) is 9.40. The molecule has 1 aromatic carbocycles. The zero-order valence-electron chi connectivity index (χ0n) is 10.9. The Balaban J connectivity index is 2.30. The number of pyridine rings is 1. The zero-order valence-corrected chi connectivity index (χ0v) is 10.9. The van der Waals surface area contributed by atoms with Crippen LogP contribution >= 0.6 is 0 Å². The van der Waals surface area contributed by atoms with E-state index in [0.29, 0.717) is 0 Å². The van der Waals surface area contributed by atoms with Crippen LogP contribution in [0.3, 0.4) is 0 Å². The molecule has 0 spiro atoms. The third-order valence-electron chi connectivity index (χ3n) is 3.09. The summed E-state index contributed by atoms with van der Waals surface area (Å²) >= 11 is 0. The predicted molar refractivity (Wildman–Crippen MR) is 70.6 cm³/mol. The first-order valence-electron chi connectivity index (χ1n) is 6.25. The summed E-state index contributed by atoms with van der Waals surface area (Å²) in [5, 5.41) is 0. The second-order valence-electron chi connectivity index (χ2n) is 4.55. The number of aryl methyl sites for hydroxylation is 1. The van der Waals surface area contributed by atoms with Gasteiger partial charge in [-0.2, -0.15) is 13.2 Å². The van der Waals surface area contributed by atoms with Crippen molar-refractivity contribution in [3.63, 3.8) is 0 Å². The first-order valence-corrected chi connectivity index (χ1v) is 6.25. The van der Waals surface area contributed by atoms with Gasteiger partial charge in [0.1, 0.15) is 0 Å². The molecular formula is C15H14F3NO. The van der Waals surface area contributed by atoms with Gasteiger partial charge in [0, 0.05) is 12.3 Å². The van der Waals surface area contributed by atoms with Crippen LogP contribution in [-0.2, 0) is 19.1 Å². The summed E-state index contributed by atoms with van der Waals surface area (Å²) in [6.07, 6.45) is -2.69. The van der Waals surface area contributed by atoms with Crippen molar-refractivity contribution in [1.29, 1.82) is 0 Å². The Kier molecular flexibility index (Phi) is 3.97. The van der Waals surface area contributed by atoms with E-state index in [9.17, 15) is 18.0 Å². The normalized spacial score (nSPS) is 11.6. The molecule has 2 nitrogen and oxygen atoms in total. The fraction of sp³-hybridized carbons (Fsp3) is 0.267. The number of hydrogen-bond donors (Lipinski definition) is 0. The topological polar surface area (TPSA) is 22.0 Å². The predicted octanol–water partition coefficient (Wildman–Crippen LogP) is 3.48. The average molecular weight is 281 g/mol. The third kappa shape index (κ3) is 3.29. The van der Waals surface area contributed by atoms with Crippen molar-refractivity contribution in [2.75, 3.05) is 0 Å². The number of alkyl halides is 3. The Morgan fingerprint density at radius 1 is 1.00 bits per heavy atom. The van der Waals surface area contributed by atoms with E-state index in [1.54, 1.807) is 0 Å². The molecule has 0 bridgehead atoms. The molecule has 0 saturated carbocycles. The maximum atomic E-state index is 12.6. The zero-order chi connectivity index (χ0) is 14.8. The fourth-order valence-corrected chi connectivity index (χ4v) is 1.90. The lowest BCUT2D eigenvalue weighted by Crippen LogP contribution is -2.21. The van der Waals surface area contributed by atoms with E-state index in [2.05, 4.69) is 0 Å². The van der Waals surface area contributed by atoms with Crippen LogP contribution in [0, 0.1) is 0 Å². The quantitative estimate of drug-likeness (QED) is 0.844. The molecule has 5 heteroatoms. The van der Waals surface area contributed by atoms with Crippen molar-refractivity contribution < 1.29 is 13.2 Å². The molecule has 0 N–H and O–H groups in total. The van der Waals surface area contributed by atoms with Crippen LogP contribution in [0.15, 0.2) is 47.4 Å². The van der Waals surface area contributed by atoms with Gasteiger partial charge >= 0.3 is 6.18 Å². The molecule has 0 fully saturated rings. The van der Waals surface area contributed by atoms with Gasteiger partial charge in [0.25, 0.3) is 5.56 Å². The molecule has 0 unspecified atom stereocenters. The van der Waals surface area contributed by atoms with Gasteiger partial charge < -0.3 is 4.57 Å². The summed E-state index contributed by atoms with van der Waals surface area (Å²) < 4.78 is 38.9. The van der Waals surface area contributed by atoms with E-state index in [1.165, 1.54) is 0 Å². The van der Waals surface area contributed by atoms with Crippen LogP contribution < -0.4 is 5.56 Å². The third-order valence-corrected chi connectivity index (χ3v) is 3.09. The van der Waals surface area contributed by atoms with Crippen molar-refractivity contribution in [3.05, 3.63) is 69.6 Å². The molecular weight excluding hydrogens is 267 g/mol. The number of rotatable bonds is 3. The Morgan fingerprint density at radius 2 is 1.60 bits per heavy atom. The van der Waals surface area contributed by atoms with Gasteiger partial charge in [0.15, 0.2) is 0 Å². The number of halogens is 3. The summed E-state index contributed by atoms with van der Waals surface area (Å²) in [6.45, 7) is 2.15. The average Bonchev–Trinajstić information content (AvgIpc) is 2.41. The van der Waals surface area contributed by atoms with Crippen LogP contribution in [0.1, 0.15) is 23.6 Å². The lowest BCUT2D eigenvalue weighted by molar-refractivity contribution is -0.138. The Labute approximate surface area is 114 Å². The van der Waals surface area contributed by atoms with E-state index in [4.69, 9.17) is 0 Å². The van der Waals surface area contributed by atoms with Gasteiger partial charge in [0.05, 0.1) is 12.1 Å². The second kappa shape index (κ2) is 5.53. The van der Waals surface area contributed by atoms with Crippen molar-refractivity contribution in [1.82, 2.24) is 4.57 Å². The van der Waals surface area contributed by atoms with Crippen LogP contribution in [0.2, 0.25) is 0 Å². The molecule has 0 saturated heterocycles. The van der Waals surface area contributed by atoms with E-state index in [0.717, 1.165) is 40.4 Å². The Bertz CT molecular complexity index is 641. The number of nitrogens with zero attached hydrogens (tertiary/aromatic N) is 1. The minimum Gasteiger partial charge on any atom is -0.311 e. The smallest absolute Gasteiger partial charge is 0.311 e. The lowest BCUT2D eigenvalue weighted by Gasteiger charge is -2.11. The largest absolute Gasteiger partial charge is 0.417 e. The SMILES string of the molecule is CCc1ccc(Cn2cc(C(F)(F)F)ccc2=O)cc1. The molecule has 0 radical (unpaired) electrons. The molecule has 0 aliphatic heterocycles. The highest BCUT2D eigenvalue weighted by atomic mass is 19.4. The summed E-state index contributed by atoms with van der Waals surface area (Å²) in [7, 11) is 0. The van der Waals surface area contributed by atoms with E-state index >= 15 is 0 Å². The van der Waals surface area contributed by atoms with Crippen LogP contribution in [0.25, 0.3) is 0 Å². The van der Waals surface area contributed by atoms with Gasteiger partial charge in [-0.05, 0) is 23.6 Å². The number of aromatic nitrogens is 1. The van der Waals surface area contributed by atoms with Crippen molar-refractivity contribution in [3.8, 4) is 0 Å². The summed E-state index contributed by atoms with van der Waals surface area (Å²) in [5.41, 5.74) is 0.675. The molecule has 20 heavy (non-hydrogen) atoms. The maximum Gasteiger partial charge on any atom is 0.417 e. The molecule has 0 atom stereocenters. The maximum absolute atomic E-state index is 12.6. The molecule has 0 aliphatic carbocycles. The monoisotopic (exact) mass is 281 g/mol. The van der Waals surface area contributed by atoms with Crippen LogP contribution in [-0.4, -0.2) is 4.57 Å². The summed E-state index contributed by atoms with van der Waals surface area (Å²) in [4.78, 5) is 11.6. The van der Waals surface area contributed by atoms with E-state index in [1.807, 2.05) is 31.2 Å². The number of hydrogen-bond acceptors (Lipinski definition) is 1. The molecule has 1 heterocycles. The van der Waals surface area contributed by atoms with Gasteiger partial charge in [-0.15, -0.1) is 0 Å². The lowest BCUT2D eigenvalue weighted by atomic mass is 10.1. The minimum absolute atomic E-state index is 0.132. The molecule has 0 amide bonds. The Hall–Kier alpha value is -2.04. The molecule has 2 aromatic rings. The highest BCUT2D eigenvalue weighted by Crippen LogP contribution is 2.28. The first kappa shape index (κ1) is 14.4. The summed E-state index contributed by atoms with van der Waals surface area (Å²) in [5.74, 6) is 0. The van der Waals surface area contributed by atoms with Gasteiger partial charge in [-0.1, -0.05) is 31.2 Å². The van der Waals surface area contributed by atoms with Gasteiger partial charge in [0.2, 0.25) is 0 Å². The van der Waals surface area contributed by atoms with E-state index < -0.39 is 17.3 Å². The van der Waals surface area contributed by atoms with Gasteiger partial charge in [-0.3, -0.25) is 4.79 Å². The Morgan fingerprint density at radius 3 is 2.15 bits per heavy atom. The number of benzene rings is 1.